The summed E-state index contributed by atoms with van der Waals surface area (Å²) in [7, 11) is 4.69. The molecule has 0 amide bonds. The van der Waals surface area contributed by atoms with Crippen molar-refractivity contribution in [2.45, 2.75) is 0 Å². The fourth-order valence-corrected chi connectivity index (χ4v) is 2.18. The van der Waals surface area contributed by atoms with Gasteiger partial charge in [0.05, 0.1) is 26.9 Å². The first-order chi connectivity index (χ1) is 9.76. The van der Waals surface area contributed by atoms with Gasteiger partial charge in [0.1, 0.15) is 5.75 Å². The van der Waals surface area contributed by atoms with Gasteiger partial charge in [-0.15, -0.1) is 0 Å². The first-order valence-electron chi connectivity index (χ1n) is 6.10. The number of aldehydes is 1. The number of hydrogen-bond acceptors (Lipinski definition) is 4. The highest BCUT2D eigenvalue weighted by Crippen LogP contribution is 2.40. The lowest BCUT2D eigenvalue weighted by atomic mass is 9.98. The second-order valence-corrected chi connectivity index (χ2v) is 4.08. The average Bonchev–Trinajstić information content (AvgIpc) is 2.52. The minimum absolute atomic E-state index is 0.488. The van der Waals surface area contributed by atoms with E-state index >= 15 is 0 Å². The molecule has 0 aliphatic carbocycles. The Hall–Kier alpha value is -2.49. The second kappa shape index (κ2) is 6.10. The van der Waals surface area contributed by atoms with E-state index in [1.54, 1.807) is 20.3 Å². The molecule has 0 atom stereocenters. The van der Waals surface area contributed by atoms with E-state index in [4.69, 9.17) is 14.2 Å². The van der Waals surface area contributed by atoms with Crippen molar-refractivity contribution in [2.24, 2.45) is 0 Å². The molecule has 0 aromatic heterocycles. The molecule has 0 spiro atoms. The zero-order chi connectivity index (χ0) is 14.5. The third-order valence-corrected chi connectivity index (χ3v) is 3.10. The Bertz CT molecular complexity index is 620. The fourth-order valence-electron chi connectivity index (χ4n) is 2.18. The largest absolute Gasteiger partial charge is 0.496 e. The van der Waals surface area contributed by atoms with E-state index in [1.165, 1.54) is 7.11 Å². The van der Waals surface area contributed by atoms with Crippen molar-refractivity contribution in [3.05, 3.63) is 42.0 Å². The van der Waals surface area contributed by atoms with Crippen molar-refractivity contribution in [3.63, 3.8) is 0 Å². The molecule has 2 aromatic rings. The van der Waals surface area contributed by atoms with Crippen LogP contribution in [0.5, 0.6) is 17.2 Å². The van der Waals surface area contributed by atoms with Crippen LogP contribution in [0.15, 0.2) is 36.4 Å². The maximum absolute atomic E-state index is 11.4. The van der Waals surface area contributed by atoms with Crippen LogP contribution >= 0.6 is 0 Å². The van der Waals surface area contributed by atoms with E-state index in [0.717, 1.165) is 17.4 Å². The molecule has 0 heterocycles. The average molecular weight is 272 g/mol. The minimum atomic E-state index is 0.488. The third-order valence-electron chi connectivity index (χ3n) is 3.10. The summed E-state index contributed by atoms with van der Waals surface area (Å²) in [6.45, 7) is 0. The topological polar surface area (TPSA) is 44.8 Å². The molecule has 0 saturated heterocycles. The summed E-state index contributed by atoms with van der Waals surface area (Å²) in [5.74, 6) is 1.73. The lowest BCUT2D eigenvalue weighted by Crippen LogP contribution is -1.97. The molecule has 0 bridgehead atoms. The number of benzene rings is 2. The molecular formula is C16H16O4. The Kier molecular flexibility index (Phi) is 4.25. The van der Waals surface area contributed by atoms with Crippen molar-refractivity contribution < 1.29 is 19.0 Å². The number of rotatable bonds is 5. The van der Waals surface area contributed by atoms with Crippen LogP contribution in [0, 0.1) is 0 Å². The SMILES string of the molecule is COc1cccc(-c2cccc(OC)c2OC)c1C=O. The molecule has 0 unspecified atom stereocenters. The standard InChI is InChI=1S/C16H16O4/c1-18-14-8-4-6-11(13(14)10-17)12-7-5-9-15(19-2)16(12)20-3/h4-10H,1-3H3. The van der Waals surface area contributed by atoms with Gasteiger partial charge >= 0.3 is 0 Å². The third kappa shape index (κ3) is 2.32. The van der Waals surface area contributed by atoms with E-state index in [-0.39, 0.29) is 0 Å². The number of methoxy groups -OCH3 is 3. The van der Waals surface area contributed by atoms with Gasteiger partial charge in [0.25, 0.3) is 0 Å². The molecule has 0 saturated carbocycles. The van der Waals surface area contributed by atoms with Crippen molar-refractivity contribution in [3.8, 4) is 28.4 Å². The van der Waals surface area contributed by atoms with E-state index in [0.29, 0.717) is 22.8 Å². The Balaban J connectivity index is 2.71. The van der Waals surface area contributed by atoms with Gasteiger partial charge in [0, 0.05) is 5.56 Å². The van der Waals surface area contributed by atoms with E-state index in [9.17, 15) is 4.79 Å². The predicted octanol–water partition coefficient (Wildman–Crippen LogP) is 3.19. The second-order valence-electron chi connectivity index (χ2n) is 4.08. The fraction of sp³-hybridized carbons (Fsp3) is 0.188. The molecule has 0 radical (unpaired) electrons. The van der Waals surface area contributed by atoms with Crippen molar-refractivity contribution in [1.82, 2.24) is 0 Å². The molecule has 104 valence electrons. The first-order valence-corrected chi connectivity index (χ1v) is 6.10. The van der Waals surface area contributed by atoms with Crippen LogP contribution in [0.3, 0.4) is 0 Å². The summed E-state index contributed by atoms with van der Waals surface area (Å²) < 4.78 is 15.9. The van der Waals surface area contributed by atoms with Gasteiger partial charge in [-0.2, -0.15) is 0 Å². The normalized spacial score (nSPS) is 9.95. The van der Waals surface area contributed by atoms with Crippen LogP contribution in [0.4, 0.5) is 0 Å². The van der Waals surface area contributed by atoms with Crippen LogP contribution in [0.25, 0.3) is 11.1 Å². The number of carbonyl (C=O) groups is 1. The Morgan fingerprint density at radius 3 is 1.95 bits per heavy atom. The number of carbonyl (C=O) groups excluding carboxylic acids is 1. The van der Waals surface area contributed by atoms with Gasteiger partial charge in [-0.1, -0.05) is 24.3 Å². The van der Waals surface area contributed by atoms with Crippen molar-refractivity contribution in [1.29, 1.82) is 0 Å². The van der Waals surface area contributed by atoms with Crippen LogP contribution < -0.4 is 14.2 Å². The molecule has 0 aliphatic heterocycles. The van der Waals surface area contributed by atoms with Crippen LogP contribution in [0.2, 0.25) is 0 Å². The van der Waals surface area contributed by atoms with Crippen molar-refractivity contribution >= 4 is 6.29 Å². The molecule has 20 heavy (non-hydrogen) atoms. The van der Waals surface area contributed by atoms with Crippen molar-refractivity contribution in [2.75, 3.05) is 21.3 Å². The van der Waals surface area contributed by atoms with E-state index in [1.807, 2.05) is 30.3 Å². The number of hydrogen-bond donors (Lipinski definition) is 0. The molecule has 4 heteroatoms. The van der Waals surface area contributed by atoms with E-state index < -0.39 is 0 Å². The lowest BCUT2D eigenvalue weighted by Gasteiger charge is -2.15. The molecule has 0 aliphatic rings. The summed E-state index contributed by atoms with van der Waals surface area (Å²) in [6.07, 6.45) is 0.785. The van der Waals surface area contributed by atoms with Gasteiger partial charge in [-0.05, 0) is 17.7 Å². The molecule has 0 N–H and O–H groups in total. The quantitative estimate of drug-likeness (QED) is 0.784. The molecule has 2 aromatic carbocycles. The molecular weight excluding hydrogens is 256 g/mol. The van der Waals surface area contributed by atoms with Gasteiger partial charge in [0.15, 0.2) is 17.8 Å². The van der Waals surface area contributed by atoms with Gasteiger partial charge in [-0.25, -0.2) is 0 Å². The Morgan fingerprint density at radius 2 is 1.40 bits per heavy atom. The van der Waals surface area contributed by atoms with Crippen LogP contribution in [-0.4, -0.2) is 27.6 Å². The first kappa shape index (κ1) is 13.9. The highest BCUT2D eigenvalue weighted by molar-refractivity contribution is 5.93. The summed E-state index contributed by atoms with van der Waals surface area (Å²) >= 11 is 0. The number of ether oxygens (including phenoxy) is 3. The predicted molar refractivity (Wildman–Crippen MR) is 76.9 cm³/mol. The Labute approximate surface area is 117 Å². The summed E-state index contributed by atoms with van der Waals surface area (Å²) in [5.41, 5.74) is 2.02. The van der Waals surface area contributed by atoms with E-state index in [2.05, 4.69) is 0 Å². The highest BCUT2D eigenvalue weighted by Gasteiger charge is 2.16. The highest BCUT2D eigenvalue weighted by atomic mass is 16.5. The molecule has 2 rings (SSSR count). The summed E-state index contributed by atoms with van der Waals surface area (Å²) in [5, 5.41) is 0. The summed E-state index contributed by atoms with van der Waals surface area (Å²) in [6, 6.07) is 11.0. The Morgan fingerprint density at radius 1 is 0.800 bits per heavy atom. The zero-order valence-corrected chi connectivity index (χ0v) is 11.7. The zero-order valence-electron chi connectivity index (χ0n) is 11.7. The monoisotopic (exact) mass is 272 g/mol. The lowest BCUT2D eigenvalue weighted by molar-refractivity contribution is 0.112. The van der Waals surface area contributed by atoms with Gasteiger partial charge in [-0.3, -0.25) is 4.79 Å². The molecule has 4 nitrogen and oxygen atoms in total. The van der Waals surface area contributed by atoms with Crippen LogP contribution in [-0.2, 0) is 0 Å². The van der Waals surface area contributed by atoms with Gasteiger partial charge < -0.3 is 14.2 Å². The minimum Gasteiger partial charge on any atom is -0.496 e. The molecule has 0 fully saturated rings. The van der Waals surface area contributed by atoms with Gasteiger partial charge in [0.2, 0.25) is 0 Å². The maximum atomic E-state index is 11.4. The number of para-hydroxylation sites is 1. The summed E-state index contributed by atoms with van der Waals surface area (Å²) in [4.78, 5) is 11.4. The van der Waals surface area contributed by atoms with Crippen LogP contribution in [0.1, 0.15) is 10.4 Å². The maximum Gasteiger partial charge on any atom is 0.168 e. The smallest absolute Gasteiger partial charge is 0.168 e.